The lowest BCUT2D eigenvalue weighted by atomic mass is 11.8. The summed E-state index contributed by atoms with van der Waals surface area (Å²) in [6, 6.07) is 0. The van der Waals surface area contributed by atoms with Gasteiger partial charge in [-0.2, -0.15) is 0 Å². The average Bonchev–Trinajstić information content (AvgIpc) is 1.14. The molecular weight excluding hydrogens is 143 g/mol. The standard InChI is InChI=1S/C7H19PSi/c1-8(2,3)7-9(4,5)6/h7H,1-6H3. The van der Waals surface area contributed by atoms with Crippen molar-refractivity contribution in [1.82, 2.24) is 0 Å². The molecule has 0 saturated heterocycles. The molecule has 0 aliphatic carbocycles. The Bertz CT molecular complexity index is 127. The first kappa shape index (κ1) is 9.52. The highest BCUT2D eigenvalue weighted by atomic mass is 31.2. The molecule has 0 aliphatic heterocycles. The molecule has 0 aliphatic rings. The van der Waals surface area contributed by atoms with Crippen molar-refractivity contribution >= 4 is 20.4 Å². The summed E-state index contributed by atoms with van der Waals surface area (Å²) in [4.78, 5) is 0. The molecule has 0 amide bonds. The molecule has 0 aromatic heterocycles. The summed E-state index contributed by atoms with van der Waals surface area (Å²) < 4.78 is 0. The lowest BCUT2D eigenvalue weighted by Gasteiger charge is -2.16. The Labute approximate surface area is 60.7 Å². The third-order valence-electron chi connectivity index (χ3n) is 0.775. The smallest absolute Gasteiger partial charge is 0.0688 e. The van der Waals surface area contributed by atoms with Crippen LogP contribution >= 0.6 is 6.89 Å². The van der Waals surface area contributed by atoms with Gasteiger partial charge in [0.25, 0.3) is 0 Å². The third kappa shape index (κ3) is 8.52. The molecule has 0 aromatic rings. The molecule has 0 atom stereocenters. The van der Waals surface area contributed by atoms with Crippen LogP contribution in [0.15, 0.2) is 0 Å². The van der Waals surface area contributed by atoms with Crippen LogP contribution in [0.2, 0.25) is 19.6 Å². The van der Waals surface area contributed by atoms with Gasteiger partial charge in [0.15, 0.2) is 0 Å². The molecule has 0 bridgehead atoms. The number of hydrogen-bond acceptors (Lipinski definition) is 0. The van der Waals surface area contributed by atoms with Gasteiger partial charge in [-0.15, -0.1) is 6.89 Å². The van der Waals surface area contributed by atoms with Crippen molar-refractivity contribution in [2.45, 2.75) is 19.6 Å². The first-order valence-electron chi connectivity index (χ1n) is 3.39. The average molecular weight is 162 g/mol. The molecule has 56 valence electrons. The molecule has 9 heavy (non-hydrogen) atoms. The van der Waals surface area contributed by atoms with Crippen LogP contribution in [0.5, 0.6) is 0 Å². The van der Waals surface area contributed by atoms with E-state index < -0.39 is 15.0 Å². The molecule has 0 heterocycles. The fraction of sp³-hybridized carbons (Fsp3) is 0.857. The molecule has 0 fully saturated rings. The number of hydrogen-bond donors (Lipinski definition) is 0. The fourth-order valence-corrected chi connectivity index (χ4v) is 10.5. The number of rotatable bonds is 1. The summed E-state index contributed by atoms with van der Waals surface area (Å²) in [7, 11) is -0.868. The van der Waals surface area contributed by atoms with Crippen LogP contribution in [-0.2, 0) is 0 Å². The van der Waals surface area contributed by atoms with Gasteiger partial charge >= 0.3 is 0 Å². The first-order valence-corrected chi connectivity index (χ1v) is 10.2. The Kier molecular flexibility index (Phi) is 2.79. The van der Waals surface area contributed by atoms with Crippen LogP contribution in [0.25, 0.3) is 0 Å². The molecule has 0 N–H and O–H groups in total. The van der Waals surface area contributed by atoms with E-state index in [9.17, 15) is 0 Å². The third-order valence-corrected chi connectivity index (χ3v) is 6.97. The quantitative estimate of drug-likeness (QED) is 0.410. The minimum absolute atomic E-state index is 0.601. The van der Waals surface area contributed by atoms with Crippen LogP contribution in [0, 0.1) is 0 Å². The van der Waals surface area contributed by atoms with Gasteiger partial charge in [0.2, 0.25) is 0 Å². The molecule has 0 unspecified atom stereocenters. The van der Waals surface area contributed by atoms with Crippen molar-refractivity contribution in [2.24, 2.45) is 0 Å². The highest BCUT2D eigenvalue weighted by Gasteiger charge is 2.10. The van der Waals surface area contributed by atoms with Gasteiger partial charge in [-0.3, -0.25) is 0 Å². The van der Waals surface area contributed by atoms with Gasteiger partial charge in [-0.05, 0) is 20.0 Å². The van der Waals surface area contributed by atoms with E-state index in [0.29, 0.717) is 0 Å². The van der Waals surface area contributed by atoms with Crippen LogP contribution in [0.1, 0.15) is 0 Å². The fourth-order valence-electron chi connectivity index (χ4n) is 1.16. The van der Waals surface area contributed by atoms with Gasteiger partial charge in [-0.25, -0.2) is 0 Å². The van der Waals surface area contributed by atoms with Crippen LogP contribution in [0.3, 0.4) is 0 Å². The summed E-state index contributed by atoms with van der Waals surface area (Å²) in [6.07, 6.45) is 0. The molecule has 0 spiro atoms. The summed E-state index contributed by atoms with van der Waals surface area (Å²) in [5, 5.41) is 0. The monoisotopic (exact) mass is 162 g/mol. The molecule has 0 saturated carbocycles. The summed E-state index contributed by atoms with van der Waals surface area (Å²) in [5.41, 5.74) is 2.62. The zero-order valence-corrected chi connectivity index (χ0v) is 9.42. The van der Waals surface area contributed by atoms with Crippen LogP contribution < -0.4 is 0 Å². The summed E-state index contributed by atoms with van der Waals surface area (Å²) in [6.45, 7) is 13.7. The minimum atomic E-state index is -0.868. The van der Waals surface area contributed by atoms with E-state index in [1.807, 2.05) is 0 Å². The molecule has 0 aromatic carbocycles. The summed E-state index contributed by atoms with van der Waals surface area (Å²) in [5.74, 6) is 0. The highest BCUT2D eigenvalue weighted by Crippen LogP contribution is 2.33. The Morgan fingerprint density at radius 3 is 1.33 bits per heavy atom. The van der Waals surface area contributed by atoms with Crippen molar-refractivity contribution in [2.75, 3.05) is 20.0 Å². The van der Waals surface area contributed by atoms with Gasteiger partial charge < -0.3 is 0 Å². The molecule has 0 rings (SSSR count). The first-order chi connectivity index (χ1) is 3.71. The van der Waals surface area contributed by atoms with Gasteiger partial charge in [-0.1, -0.05) is 25.1 Å². The normalized spacial score (nSPS) is 13.6. The van der Waals surface area contributed by atoms with E-state index >= 15 is 0 Å². The Morgan fingerprint density at radius 2 is 1.33 bits per heavy atom. The van der Waals surface area contributed by atoms with Crippen molar-refractivity contribution in [3.8, 4) is 0 Å². The maximum Gasteiger partial charge on any atom is 0.0688 e. The maximum absolute atomic E-state index is 2.62. The second kappa shape index (κ2) is 2.63. The van der Waals surface area contributed by atoms with Gasteiger partial charge in [0.1, 0.15) is 0 Å². The van der Waals surface area contributed by atoms with E-state index in [0.717, 1.165) is 0 Å². The van der Waals surface area contributed by atoms with Crippen LogP contribution in [-0.4, -0.2) is 33.5 Å². The zero-order valence-electron chi connectivity index (χ0n) is 7.52. The van der Waals surface area contributed by atoms with E-state index in [1.165, 1.54) is 0 Å². The maximum atomic E-state index is 2.62. The lowest BCUT2D eigenvalue weighted by molar-refractivity contribution is 1.85. The predicted molar refractivity (Wildman–Crippen MR) is 54.1 cm³/mol. The van der Waals surface area contributed by atoms with E-state index in [-0.39, 0.29) is 0 Å². The van der Waals surface area contributed by atoms with Crippen molar-refractivity contribution in [3.63, 3.8) is 0 Å². The Balaban J connectivity index is 4.32. The second-order valence-corrected chi connectivity index (χ2v) is 14.6. The SMILES string of the molecule is C[Si](C)(C)C=P(C)(C)C. The molecule has 0 radical (unpaired) electrons. The van der Waals surface area contributed by atoms with E-state index in [4.69, 9.17) is 0 Å². The van der Waals surface area contributed by atoms with Crippen LogP contribution in [0.4, 0.5) is 0 Å². The Hall–Kier alpha value is 0.517. The van der Waals surface area contributed by atoms with E-state index in [1.54, 1.807) is 0 Å². The van der Waals surface area contributed by atoms with Crippen molar-refractivity contribution in [3.05, 3.63) is 0 Å². The largest absolute Gasteiger partial charge is 0.121 e. The minimum Gasteiger partial charge on any atom is -0.121 e. The lowest BCUT2D eigenvalue weighted by Crippen LogP contribution is -2.22. The Morgan fingerprint density at radius 1 is 1.00 bits per heavy atom. The topological polar surface area (TPSA) is 0 Å². The predicted octanol–water partition coefficient (Wildman–Crippen LogP) is 2.57. The zero-order chi connectivity index (χ0) is 7.71. The van der Waals surface area contributed by atoms with E-state index in [2.05, 4.69) is 45.1 Å². The highest BCUT2D eigenvalue weighted by molar-refractivity contribution is 7.76. The van der Waals surface area contributed by atoms with Crippen molar-refractivity contribution < 1.29 is 0 Å². The second-order valence-electron chi connectivity index (χ2n) is 4.61. The van der Waals surface area contributed by atoms with Gasteiger partial charge in [0, 0.05) is 0 Å². The molecule has 0 nitrogen and oxygen atoms in total. The molecular formula is C7H19PSi. The van der Waals surface area contributed by atoms with Gasteiger partial charge in [0.05, 0.1) is 8.07 Å². The molecule has 2 heteroatoms. The van der Waals surface area contributed by atoms with Crippen molar-refractivity contribution in [1.29, 1.82) is 0 Å². The summed E-state index contributed by atoms with van der Waals surface area (Å²) >= 11 is 0.